The van der Waals surface area contributed by atoms with Crippen molar-refractivity contribution in [2.75, 3.05) is 13.2 Å². The number of carbonyl (C=O) groups excluding carboxylic acids is 2. The van der Waals surface area contributed by atoms with E-state index in [0.717, 1.165) is 0 Å². The third-order valence-electron chi connectivity index (χ3n) is 5.54. The molecule has 4 rings (SSSR count). The van der Waals surface area contributed by atoms with Gasteiger partial charge in [-0.3, -0.25) is 9.59 Å². The Bertz CT molecular complexity index is 1170. The van der Waals surface area contributed by atoms with Gasteiger partial charge in [0.05, 0.1) is 24.5 Å². The molecule has 0 aliphatic carbocycles. The molecule has 33 heavy (non-hydrogen) atoms. The van der Waals surface area contributed by atoms with Gasteiger partial charge in [-0.05, 0) is 43.2 Å². The van der Waals surface area contributed by atoms with Gasteiger partial charge in [-0.1, -0.05) is 24.3 Å². The number of ketones is 1. The predicted molar refractivity (Wildman–Crippen MR) is 122 cm³/mol. The molecule has 1 saturated heterocycles. The standard InChI is InChI=1S/C25H25N3O5/c1-2-33-20-6-3-5-18(15-20)23(30)21-22(17-7-9-19(29)10-8-17)28(25(32)24(21)31)13-4-12-27-14-11-26-16-27/h3,5-11,14-16,22,29-30H,2,4,12-13H2,1H3. The first kappa shape index (κ1) is 22.1. The first-order valence-electron chi connectivity index (χ1n) is 10.8. The highest BCUT2D eigenvalue weighted by Crippen LogP contribution is 2.40. The van der Waals surface area contributed by atoms with Crippen LogP contribution in [-0.4, -0.2) is 49.5 Å². The molecular weight excluding hydrogens is 422 g/mol. The van der Waals surface area contributed by atoms with Gasteiger partial charge in [-0.15, -0.1) is 0 Å². The molecule has 1 aliphatic heterocycles. The lowest BCUT2D eigenvalue weighted by atomic mass is 9.95. The number of aliphatic hydroxyl groups excluding tert-OH is 1. The van der Waals surface area contributed by atoms with Crippen LogP contribution in [0.1, 0.15) is 30.5 Å². The van der Waals surface area contributed by atoms with E-state index >= 15 is 0 Å². The number of imidazole rings is 1. The Balaban J connectivity index is 1.73. The summed E-state index contributed by atoms with van der Waals surface area (Å²) < 4.78 is 7.40. The Morgan fingerprint density at radius 3 is 2.61 bits per heavy atom. The third-order valence-corrected chi connectivity index (χ3v) is 5.54. The maximum Gasteiger partial charge on any atom is 0.295 e. The monoisotopic (exact) mass is 447 g/mol. The van der Waals surface area contributed by atoms with Crippen LogP contribution in [0.3, 0.4) is 0 Å². The van der Waals surface area contributed by atoms with Crippen molar-refractivity contribution in [1.29, 1.82) is 0 Å². The van der Waals surface area contributed by atoms with E-state index < -0.39 is 17.7 Å². The lowest BCUT2D eigenvalue weighted by Crippen LogP contribution is -2.31. The quantitative estimate of drug-likeness (QED) is 0.311. The highest BCUT2D eigenvalue weighted by Gasteiger charge is 2.45. The average Bonchev–Trinajstić information content (AvgIpc) is 3.42. The van der Waals surface area contributed by atoms with Gasteiger partial charge < -0.3 is 24.4 Å². The number of aromatic hydroxyl groups is 1. The van der Waals surface area contributed by atoms with Crippen LogP contribution in [-0.2, 0) is 16.1 Å². The largest absolute Gasteiger partial charge is 0.508 e. The number of phenolic OH excluding ortho intramolecular Hbond substituents is 1. The molecule has 0 bridgehead atoms. The summed E-state index contributed by atoms with van der Waals surface area (Å²) >= 11 is 0. The van der Waals surface area contributed by atoms with Crippen LogP contribution >= 0.6 is 0 Å². The van der Waals surface area contributed by atoms with E-state index in [4.69, 9.17) is 4.74 Å². The number of hydrogen-bond acceptors (Lipinski definition) is 6. The molecule has 1 fully saturated rings. The van der Waals surface area contributed by atoms with E-state index in [1.807, 2.05) is 17.7 Å². The molecule has 0 radical (unpaired) electrons. The summed E-state index contributed by atoms with van der Waals surface area (Å²) in [5.74, 6) is -1.04. The van der Waals surface area contributed by atoms with E-state index in [1.165, 1.54) is 17.0 Å². The average molecular weight is 447 g/mol. The first-order chi connectivity index (χ1) is 16.0. The smallest absolute Gasteiger partial charge is 0.295 e. The first-order valence-corrected chi connectivity index (χ1v) is 10.8. The van der Waals surface area contributed by atoms with E-state index in [1.54, 1.807) is 48.9 Å². The van der Waals surface area contributed by atoms with Gasteiger partial charge in [-0.2, -0.15) is 0 Å². The van der Waals surface area contributed by atoms with Crippen LogP contribution in [0.2, 0.25) is 0 Å². The molecule has 0 saturated carbocycles. The molecule has 1 unspecified atom stereocenters. The highest BCUT2D eigenvalue weighted by molar-refractivity contribution is 6.46. The minimum atomic E-state index is -0.774. The van der Waals surface area contributed by atoms with Gasteiger partial charge in [0.15, 0.2) is 0 Å². The van der Waals surface area contributed by atoms with Gasteiger partial charge in [0.1, 0.15) is 17.3 Å². The van der Waals surface area contributed by atoms with Crippen molar-refractivity contribution in [2.45, 2.75) is 25.9 Å². The van der Waals surface area contributed by atoms with Crippen molar-refractivity contribution in [3.05, 3.63) is 84.0 Å². The van der Waals surface area contributed by atoms with Crippen molar-refractivity contribution in [3.63, 3.8) is 0 Å². The second-order valence-electron chi connectivity index (χ2n) is 7.70. The zero-order valence-electron chi connectivity index (χ0n) is 18.2. The summed E-state index contributed by atoms with van der Waals surface area (Å²) in [6.07, 6.45) is 5.80. The number of carbonyl (C=O) groups is 2. The zero-order chi connectivity index (χ0) is 23.4. The van der Waals surface area contributed by atoms with Crippen molar-refractivity contribution >= 4 is 17.4 Å². The molecule has 8 nitrogen and oxygen atoms in total. The van der Waals surface area contributed by atoms with Crippen molar-refractivity contribution in [2.24, 2.45) is 0 Å². The third kappa shape index (κ3) is 4.59. The van der Waals surface area contributed by atoms with Crippen molar-refractivity contribution in [1.82, 2.24) is 14.5 Å². The number of hydrogen-bond donors (Lipinski definition) is 2. The molecule has 0 spiro atoms. The van der Waals surface area contributed by atoms with Gasteiger partial charge in [0.2, 0.25) is 0 Å². The van der Waals surface area contributed by atoms with Crippen LogP contribution in [0.4, 0.5) is 0 Å². The summed E-state index contributed by atoms with van der Waals surface area (Å²) in [7, 11) is 0. The van der Waals surface area contributed by atoms with Gasteiger partial charge in [0, 0.05) is 31.0 Å². The second-order valence-corrected chi connectivity index (χ2v) is 7.70. The Morgan fingerprint density at radius 1 is 1.12 bits per heavy atom. The Hall–Kier alpha value is -4.07. The topological polar surface area (TPSA) is 105 Å². The van der Waals surface area contributed by atoms with Crippen LogP contribution in [0.25, 0.3) is 5.76 Å². The Labute approximate surface area is 191 Å². The SMILES string of the molecule is CCOc1cccc(C(O)=C2C(=O)C(=O)N(CCCn3ccnc3)C2c2ccc(O)cc2)c1. The molecule has 1 aliphatic rings. The number of amides is 1. The molecule has 170 valence electrons. The van der Waals surface area contributed by atoms with Gasteiger partial charge in [-0.25, -0.2) is 4.98 Å². The number of benzene rings is 2. The van der Waals surface area contributed by atoms with Crippen LogP contribution < -0.4 is 4.74 Å². The van der Waals surface area contributed by atoms with Crippen molar-refractivity contribution in [3.8, 4) is 11.5 Å². The fourth-order valence-corrected chi connectivity index (χ4v) is 4.01. The number of aryl methyl sites for hydroxylation is 1. The van der Waals surface area contributed by atoms with E-state index in [0.29, 0.717) is 43.0 Å². The summed E-state index contributed by atoms with van der Waals surface area (Å²) in [6.45, 7) is 3.25. The maximum atomic E-state index is 13.1. The number of rotatable bonds is 8. The molecule has 2 N–H and O–H groups in total. The molecule has 1 amide bonds. The van der Waals surface area contributed by atoms with E-state index in [-0.39, 0.29) is 17.1 Å². The van der Waals surface area contributed by atoms with Gasteiger partial charge in [0.25, 0.3) is 11.7 Å². The number of Topliss-reactive ketones (excluding diaryl/α,β-unsaturated/α-hetero) is 1. The summed E-state index contributed by atoms with van der Waals surface area (Å²) in [6, 6.07) is 12.3. The molecule has 1 aromatic heterocycles. The number of ether oxygens (including phenoxy) is 1. The minimum Gasteiger partial charge on any atom is -0.508 e. The normalized spacial score (nSPS) is 17.5. The molecule has 2 heterocycles. The van der Waals surface area contributed by atoms with Crippen LogP contribution in [0.15, 0.2) is 72.8 Å². The predicted octanol–water partition coefficient (Wildman–Crippen LogP) is 3.50. The fraction of sp³-hybridized carbons (Fsp3) is 0.240. The molecule has 3 aromatic rings. The molecule has 1 atom stereocenters. The summed E-state index contributed by atoms with van der Waals surface area (Å²) in [5, 5.41) is 20.9. The lowest BCUT2D eigenvalue weighted by molar-refractivity contribution is -0.139. The molecule has 8 heteroatoms. The minimum absolute atomic E-state index is 0.0157. The van der Waals surface area contributed by atoms with E-state index in [9.17, 15) is 19.8 Å². The zero-order valence-corrected chi connectivity index (χ0v) is 18.2. The second kappa shape index (κ2) is 9.60. The van der Waals surface area contributed by atoms with Crippen LogP contribution in [0, 0.1) is 0 Å². The summed E-state index contributed by atoms with van der Waals surface area (Å²) in [5.41, 5.74) is 1.03. The Morgan fingerprint density at radius 2 is 1.91 bits per heavy atom. The number of aliphatic hydroxyl groups is 1. The highest BCUT2D eigenvalue weighted by atomic mass is 16.5. The molecular formula is C25H25N3O5. The number of aromatic nitrogens is 2. The van der Waals surface area contributed by atoms with E-state index in [2.05, 4.69) is 4.98 Å². The number of likely N-dealkylation sites (tertiary alicyclic amines) is 1. The number of nitrogens with zero attached hydrogens (tertiary/aromatic N) is 3. The maximum absolute atomic E-state index is 13.1. The Kier molecular flexibility index (Phi) is 6.44. The number of phenols is 1. The van der Waals surface area contributed by atoms with Crippen molar-refractivity contribution < 1.29 is 24.5 Å². The fourth-order valence-electron chi connectivity index (χ4n) is 4.01. The van der Waals surface area contributed by atoms with Gasteiger partial charge >= 0.3 is 0 Å². The van der Waals surface area contributed by atoms with Crippen LogP contribution in [0.5, 0.6) is 11.5 Å². The lowest BCUT2D eigenvalue weighted by Gasteiger charge is -2.25. The summed E-state index contributed by atoms with van der Waals surface area (Å²) in [4.78, 5) is 31.6. The molecule has 2 aromatic carbocycles.